The second-order valence-electron chi connectivity index (χ2n) is 3.74. The number of ketones is 1. The van der Waals surface area contributed by atoms with Gasteiger partial charge in [0.05, 0.1) is 19.5 Å². The lowest BCUT2D eigenvalue weighted by Crippen LogP contribution is -2.25. The molecular weight excluding hydrogens is 204 g/mol. The van der Waals surface area contributed by atoms with Crippen LogP contribution < -0.4 is 5.32 Å². The SMILES string of the molecule is C#CCNCC(=O)Cc1ncnn1C(C)C. The molecule has 0 saturated heterocycles. The summed E-state index contributed by atoms with van der Waals surface area (Å²) in [6.07, 6.45) is 6.82. The van der Waals surface area contributed by atoms with E-state index in [2.05, 4.69) is 21.3 Å². The number of rotatable bonds is 6. The van der Waals surface area contributed by atoms with Crippen molar-refractivity contribution in [3.63, 3.8) is 0 Å². The highest BCUT2D eigenvalue weighted by Gasteiger charge is 2.11. The number of aromatic nitrogens is 3. The Bertz CT molecular complexity index is 389. The molecule has 0 atom stereocenters. The van der Waals surface area contributed by atoms with E-state index in [0.29, 0.717) is 12.4 Å². The van der Waals surface area contributed by atoms with Gasteiger partial charge in [-0.25, -0.2) is 9.67 Å². The minimum Gasteiger partial charge on any atom is -0.299 e. The molecule has 0 aromatic carbocycles. The summed E-state index contributed by atoms with van der Waals surface area (Å²) >= 11 is 0. The highest BCUT2D eigenvalue weighted by atomic mass is 16.1. The molecule has 0 fully saturated rings. The second-order valence-corrected chi connectivity index (χ2v) is 3.74. The fraction of sp³-hybridized carbons (Fsp3) is 0.545. The Labute approximate surface area is 95.3 Å². The third kappa shape index (κ3) is 3.48. The zero-order valence-electron chi connectivity index (χ0n) is 9.60. The molecule has 5 heteroatoms. The van der Waals surface area contributed by atoms with E-state index in [1.165, 1.54) is 6.33 Å². The number of nitrogens with one attached hydrogen (secondary N) is 1. The van der Waals surface area contributed by atoms with Crippen molar-refractivity contribution in [2.75, 3.05) is 13.1 Å². The molecule has 1 aromatic heterocycles. The third-order valence-corrected chi connectivity index (χ3v) is 2.04. The number of Topliss-reactive ketones (excluding diaryl/α,β-unsaturated/α-hetero) is 1. The van der Waals surface area contributed by atoms with Gasteiger partial charge in [-0.1, -0.05) is 5.92 Å². The molecule has 1 rings (SSSR count). The van der Waals surface area contributed by atoms with E-state index in [0.717, 1.165) is 0 Å². The maximum absolute atomic E-state index is 11.5. The Kier molecular flexibility index (Phi) is 4.67. The Morgan fingerprint density at radius 1 is 1.69 bits per heavy atom. The number of nitrogens with zero attached hydrogens (tertiary/aromatic N) is 3. The molecule has 86 valence electrons. The summed E-state index contributed by atoms with van der Waals surface area (Å²) in [6, 6.07) is 0.212. The Morgan fingerprint density at radius 2 is 2.44 bits per heavy atom. The average molecular weight is 220 g/mol. The minimum absolute atomic E-state index is 0.0603. The van der Waals surface area contributed by atoms with Gasteiger partial charge in [-0.3, -0.25) is 10.1 Å². The first-order valence-electron chi connectivity index (χ1n) is 5.19. The van der Waals surface area contributed by atoms with Crippen LogP contribution in [0.15, 0.2) is 6.33 Å². The van der Waals surface area contributed by atoms with Gasteiger partial charge in [-0.15, -0.1) is 6.42 Å². The van der Waals surface area contributed by atoms with Gasteiger partial charge < -0.3 is 0 Å². The maximum Gasteiger partial charge on any atom is 0.154 e. The Balaban J connectivity index is 2.50. The van der Waals surface area contributed by atoms with E-state index >= 15 is 0 Å². The first-order chi connectivity index (χ1) is 7.65. The summed E-state index contributed by atoms with van der Waals surface area (Å²) in [5.41, 5.74) is 0. The highest BCUT2D eigenvalue weighted by molar-refractivity contribution is 5.82. The van der Waals surface area contributed by atoms with Crippen molar-refractivity contribution < 1.29 is 4.79 Å². The van der Waals surface area contributed by atoms with Crippen molar-refractivity contribution in [2.24, 2.45) is 0 Å². The zero-order valence-corrected chi connectivity index (χ0v) is 9.60. The van der Waals surface area contributed by atoms with Gasteiger partial charge in [0, 0.05) is 6.04 Å². The monoisotopic (exact) mass is 220 g/mol. The molecule has 0 amide bonds. The molecular formula is C11H16N4O. The molecule has 0 aliphatic carbocycles. The smallest absolute Gasteiger partial charge is 0.154 e. The van der Waals surface area contributed by atoms with E-state index < -0.39 is 0 Å². The van der Waals surface area contributed by atoms with Crippen LogP contribution in [-0.2, 0) is 11.2 Å². The number of hydrogen-bond acceptors (Lipinski definition) is 4. The van der Waals surface area contributed by atoms with Crippen LogP contribution >= 0.6 is 0 Å². The molecule has 0 bridgehead atoms. The predicted octanol–water partition coefficient (Wildman–Crippen LogP) is 0.193. The van der Waals surface area contributed by atoms with Gasteiger partial charge in [0.15, 0.2) is 5.78 Å². The van der Waals surface area contributed by atoms with Crippen LogP contribution in [0.1, 0.15) is 25.7 Å². The van der Waals surface area contributed by atoms with Gasteiger partial charge in [0.1, 0.15) is 12.2 Å². The first-order valence-corrected chi connectivity index (χ1v) is 5.19. The lowest BCUT2D eigenvalue weighted by molar-refractivity contribution is -0.117. The van der Waals surface area contributed by atoms with Crippen molar-refractivity contribution in [1.29, 1.82) is 0 Å². The summed E-state index contributed by atoms with van der Waals surface area (Å²) in [5, 5.41) is 6.92. The molecule has 1 N–H and O–H groups in total. The van der Waals surface area contributed by atoms with Gasteiger partial charge in [0.2, 0.25) is 0 Å². The van der Waals surface area contributed by atoms with E-state index in [-0.39, 0.29) is 24.8 Å². The molecule has 0 aliphatic heterocycles. The van der Waals surface area contributed by atoms with Crippen LogP contribution in [0.3, 0.4) is 0 Å². The zero-order chi connectivity index (χ0) is 12.0. The summed E-state index contributed by atoms with van der Waals surface area (Å²) in [5.74, 6) is 3.17. The lowest BCUT2D eigenvalue weighted by atomic mass is 10.2. The van der Waals surface area contributed by atoms with Crippen molar-refractivity contribution in [3.05, 3.63) is 12.2 Å². The van der Waals surface area contributed by atoms with E-state index in [1.807, 2.05) is 13.8 Å². The minimum atomic E-state index is 0.0603. The number of carbonyl (C=O) groups excluding carboxylic acids is 1. The molecule has 0 spiro atoms. The van der Waals surface area contributed by atoms with Crippen molar-refractivity contribution in [3.8, 4) is 12.3 Å². The largest absolute Gasteiger partial charge is 0.299 e. The fourth-order valence-corrected chi connectivity index (χ4v) is 1.34. The summed E-state index contributed by atoms with van der Waals surface area (Å²) in [4.78, 5) is 15.6. The standard InChI is InChI=1S/C11H16N4O/c1-4-5-12-7-10(16)6-11-13-8-14-15(11)9(2)3/h1,8-9,12H,5-7H2,2-3H3. The van der Waals surface area contributed by atoms with Crippen LogP contribution in [0.25, 0.3) is 0 Å². The van der Waals surface area contributed by atoms with E-state index in [9.17, 15) is 4.79 Å². The predicted molar refractivity (Wildman–Crippen MR) is 60.8 cm³/mol. The summed E-state index contributed by atoms with van der Waals surface area (Å²) in [7, 11) is 0. The second kappa shape index (κ2) is 6.03. The number of terminal acetylenes is 1. The Morgan fingerprint density at radius 3 is 3.06 bits per heavy atom. The lowest BCUT2D eigenvalue weighted by Gasteiger charge is -2.08. The van der Waals surface area contributed by atoms with Crippen LogP contribution in [-0.4, -0.2) is 33.6 Å². The fourth-order valence-electron chi connectivity index (χ4n) is 1.34. The summed E-state index contributed by atoms with van der Waals surface area (Å²) < 4.78 is 1.75. The molecule has 5 nitrogen and oxygen atoms in total. The Hall–Kier alpha value is -1.67. The van der Waals surface area contributed by atoms with Crippen molar-refractivity contribution in [2.45, 2.75) is 26.3 Å². The molecule has 0 saturated carbocycles. The van der Waals surface area contributed by atoms with E-state index in [4.69, 9.17) is 6.42 Å². The average Bonchev–Trinajstić information content (AvgIpc) is 2.66. The van der Waals surface area contributed by atoms with Crippen molar-refractivity contribution in [1.82, 2.24) is 20.1 Å². The molecule has 0 radical (unpaired) electrons. The maximum atomic E-state index is 11.5. The molecule has 1 heterocycles. The summed E-state index contributed by atoms with van der Waals surface area (Å²) in [6.45, 7) is 4.68. The van der Waals surface area contributed by atoms with Gasteiger partial charge in [0.25, 0.3) is 0 Å². The van der Waals surface area contributed by atoms with Gasteiger partial charge in [-0.05, 0) is 13.8 Å². The van der Waals surface area contributed by atoms with Crippen LogP contribution in [0, 0.1) is 12.3 Å². The number of carbonyl (C=O) groups is 1. The molecule has 1 aromatic rings. The third-order valence-electron chi connectivity index (χ3n) is 2.04. The first kappa shape index (κ1) is 12.4. The topological polar surface area (TPSA) is 59.8 Å². The van der Waals surface area contributed by atoms with Crippen LogP contribution in [0.2, 0.25) is 0 Å². The number of hydrogen-bond donors (Lipinski definition) is 1. The molecule has 0 unspecified atom stereocenters. The molecule has 16 heavy (non-hydrogen) atoms. The van der Waals surface area contributed by atoms with Gasteiger partial charge in [-0.2, -0.15) is 5.10 Å². The van der Waals surface area contributed by atoms with Crippen LogP contribution in [0.5, 0.6) is 0 Å². The molecule has 0 aliphatic rings. The highest BCUT2D eigenvalue weighted by Crippen LogP contribution is 2.05. The van der Waals surface area contributed by atoms with Crippen LogP contribution in [0.4, 0.5) is 0 Å². The quantitative estimate of drug-likeness (QED) is 0.549. The van der Waals surface area contributed by atoms with Gasteiger partial charge >= 0.3 is 0 Å². The van der Waals surface area contributed by atoms with Crippen molar-refractivity contribution >= 4 is 5.78 Å². The van der Waals surface area contributed by atoms with E-state index in [1.54, 1.807) is 4.68 Å². The normalized spacial score (nSPS) is 10.4.